The third-order valence-electron chi connectivity index (χ3n) is 4.58. The lowest BCUT2D eigenvalue weighted by molar-refractivity contribution is 0.391. The largest absolute Gasteiger partial charge is 0.511 e. The van der Waals surface area contributed by atoms with Gasteiger partial charge >= 0.3 is 0 Å². The zero-order valence-electron chi connectivity index (χ0n) is 14.7. The van der Waals surface area contributed by atoms with Crippen LogP contribution in [0.4, 0.5) is 5.69 Å². The van der Waals surface area contributed by atoms with E-state index in [2.05, 4.69) is 9.97 Å². The molecule has 1 aliphatic rings. The van der Waals surface area contributed by atoms with E-state index in [1.165, 1.54) is 0 Å². The Balaban J connectivity index is 1.80. The number of methoxy groups -OCH3 is 1. The van der Waals surface area contributed by atoms with Crippen molar-refractivity contribution in [2.75, 3.05) is 18.6 Å². The first-order valence-corrected chi connectivity index (χ1v) is 8.50. The van der Waals surface area contributed by atoms with E-state index >= 15 is 0 Å². The minimum absolute atomic E-state index is 0.0394. The molecule has 27 heavy (non-hydrogen) atoms. The Morgan fingerprint density at radius 2 is 2.04 bits per heavy atom. The second kappa shape index (κ2) is 6.60. The van der Waals surface area contributed by atoms with Crippen LogP contribution in [0, 0.1) is 5.41 Å². The molecule has 0 saturated heterocycles. The van der Waals surface area contributed by atoms with E-state index in [9.17, 15) is 9.90 Å². The minimum atomic E-state index is -0.304. The Kier molecular flexibility index (Phi) is 4.12. The van der Waals surface area contributed by atoms with Gasteiger partial charge in [-0.2, -0.15) is 0 Å². The fourth-order valence-electron chi connectivity index (χ4n) is 3.22. The van der Waals surface area contributed by atoms with Gasteiger partial charge in [-0.1, -0.05) is 18.2 Å². The van der Waals surface area contributed by atoms with Crippen molar-refractivity contribution < 1.29 is 9.84 Å². The fourth-order valence-corrected chi connectivity index (χ4v) is 3.22. The van der Waals surface area contributed by atoms with Crippen LogP contribution in [0.5, 0.6) is 5.75 Å². The van der Waals surface area contributed by atoms with Crippen LogP contribution in [0.15, 0.2) is 59.1 Å². The molecular weight excluding hydrogens is 344 g/mol. The van der Waals surface area contributed by atoms with Gasteiger partial charge in [-0.3, -0.25) is 10.2 Å². The number of hydrogen-bond donors (Lipinski definition) is 3. The molecule has 136 valence electrons. The summed E-state index contributed by atoms with van der Waals surface area (Å²) in [5, 5.41) is 19.5. The van der Waals surface area contributed by atoms with Crippen molar-refractivity contribution in [3.8, 4) is 5.75 Å². The number of nitrogens with one attached hydrogen (secondary N) is 2. The quantitative estimate of drug-likeness (QED) is 0.664. The summed E-state index contributed by atoms with van der Waals surface area (Å²) in [6, 6.07) is 14.3. The lowest BCUT2D eigenvalue weighted by atomic mass is 10.0. The molecule has 2 aromatic carbocycles. The second-order valence-corrected chi connectivity index (χ2v) is 6.21. The summed E-state index contributed by atoms with van der Waals surface area (Å²) in [6.07, 6.45) is 0.339. The van der Waals surface area contributed by atoms with Crippen molar-refractivity contribution >= 4 is 28.0 Å². The predicted molar refractivity (Wildman–Crippen MR) is 105 cm³/mol. The van der Waals surface area contributed by atoms with Crippen molar-refractivity contribution in [2.45, 2.75) is 6.42 Å². The number of ether oxygens (including phenoxy) is 1. The first-order valence-electron chi connectivity index (χ1n) is 8.50. The molecule has 3 aromatic rings. The van der Waals surface area contributed by atoms with Crippen LogP contribution < -0.4 is 15.2 Å². The number of hydrogen-bond acceptors (Lipinski definition) is 5. The molecule has 0 bridgehead atoms. The van der Waals surface area contributed by atoms with Gasteiger partial charge in [-0.15, -0.1) is 0 Å². The van der Waals surface area contributed by atoms with Crippen molar-refractivity contribution in [1.29, 1.82) is 5.41 Å². The fraction of sp³-hybridized carbons (Fsp3) is 0.150. The molecular formula is C20H18N4O3. The van der Waals surface area contributed by atoms with Gasteiger partial charge in [-0.05, 0) is 24.3 Å². The summed E-state index contributed by atoms with van der Waals surface area (Å²) < 4.78 is 5.26. The molecule has 0 unspecified atom stereocenters. The highest BCUT2D eigenvalue weighted by molar-refractivity contribution is 6.28. The highest BCUT2D eigenvalue weighted by Crippen LogP contribution is 2.30. The molecule has 4 rings (SSSR count). The van der Waals surface area contributed by atoms with Crippen molar-refractivity contribution in [2.24, 2.45) is 0 Å². The Morgan fingerprint density at radius 3 is 2.85 bits per heavy atom. The van der Waals surface area contributed by atoms with Crippen molar-refractivity contribution in [3.05, 3.63) is 70.5 Å². The van der Waals surface area contributed by atoms with Crippen LogP contribution in [0.1, 0.15) is 12.2 Å². The molecule has 0 amide bonds. The van der Waals surface area contributed by atoms with E-state index < -0.39 is 0 Å². The maximum absolute atomic E-state index is 12.4. The molecule has 7 nitrogen and oxygen atoms in total. The zero-order chi connectivity index (χ0) is 19.0. The molecule has 0 fully saturated rings. The van der Waals surface area contributed by atoms with Crippen LogP contribution in [0.3, 0.4) is 0 Å². The number of H-pyrrole nitrogens is 1. The maximum Gasteiger partial charge on any atom is 0.259 e. The monoisotopic (exact) mass is 362 g/mol. The van der Waals surface area contributed by atoms with Gasteiger partial charge in [0.15, 0.2) is 0 Å². The molecule has 1 aliphatic heterocycles. The molecule has 0 aliphatic carbocycles. The summed E-state index contributed by atoms with van der Waals surface area (Å²) in [5.41, 5.74) is 1.21. The van der Waals surface area contributed by atoms with E-state index in [0.29, 0.717) is 29.6 Å². The van der Waals surface area contributed by atoms with Crippen LogP contribution in [-0.2, 0) is 0 Å². The van der Waals surface area contributed by atoms with E-state index in [1.807, 2.05) is 24.3 Å². The van der Waals surface area contributed by atoms with Crippen molar-refractivity contribution in [3.63, 3.8) is 0 Å². The Hall–Kier alpha value is -3.61. The molecule has 3 N–H and O–H groups in total. The Bertz CT molecular complexity index is 1130. The topological polar surface area (TPSA) is 102 Å². The maximum atomic E-state index is 12.4. The number of para-hydroxylation sites is 1. The van der Waals surface area contributed by atoms with Gasteiger partial charge in [0.2, 0.25) is 0 Å². The van der Waals surface area contributed by atoms with Gasteiger partial charge in [0, 0.05) is 24.7 Å². The lowest BCUT2D eigenvalue weighted by Gasteiger charge is -2.31. The third kappa shape index (κ3) is 2.93. The number of aliphatic hydroxyl groups excluding tert-OH is 1. The van der Waals surface area contributed by atoms with E-state index in [0.717, 1.165) is 5.69 Å². The zero-order valence-corrected chi connectivity index (χ0v) is 14.7. The number of nitrogens with zero attached hydrogens (tertiary/aromatic N) is 2. The van der Waals surface area contributed by atoms with Gasteiger partial charge in [-0.25, -0.2) is 4.98 Å². The van der Waals surface area contributed by atoms with Gasteiger partial charge in [0.05, 0.1) is 23.6 Å². The average molecular weight is 362 g/mol. The molecule has 0 atom stereocenters. The summed E-state index contributed by atoms with van der Waals surface area (Å²) in [4.78, 5) is 21.3. The molecule has 1 aromatic heterocycles. The van der Waals surface area contributed by atoms with Gasteiger partial charge < -0.3 is 19.7 Å². The van der Waals surface area contributed by atoms with Crippen LogP contribution in [-0.4, -0.2) is 34.6 Å². The second-order valence-electron chi connectivity index (χ2n) is 6.21. The minimum Gasteiger partial charge on any atom is -0.511 e. The van der Waals surface area contributed by atoms with Crippen molar-refractivity contribution in [1.82, 2.24) is 9.97 Å². The number of anilines is 1. The van der Waals surface area contributed by atoms with Crippen LogP contribution in [0.25, 0.3) is 16.5 Å². The first-order chi connectivity index (χ1) is 13.1. The predicted octanol–water partition coefficient (Wildman–Crippen LogP) is 3.09. The molecule has 0 radical (unpaired) electrons. The number of benzene rings is 2. The van der Waals surface area contributed by atoms with Gasteiger partial charge in [0.1, 0.15) is 23.2 Å². The summed E-state index contributed by atoms with van der Waals surface area (Å²) in [5.74, 6) is 0.981. The highest BCUT2D eigenvalue weighted by Gasteiger charge is 2.28. The SMILES string of the molecule is COc1cccc(N2CCC(O)=C(c3nc4ccccc4c(=O)[nH]3)C2=N)c1. The lowest BCUT2D eigenvalue weighted by Crippen LogP contribution is -2.37. The smallest absolute Gasteiger partial charge is 0.259 e. The highest BCUT2D eigenvalue weighted by atomic mass is 16.5. The molecule has 7 heteroatoms. The number of rotatable bonds is 3. The van der Waals surface area contributed by atoms with Crippen LogP contribution in [0.2, 0.25) is 0 Å². The third-order valence-corrected chi connectivity index (χ3v) is 4.58. The first kappa shape index (κ1) is 16.8. The van der Waals surface area contributed by atoms with E-state index in [4.69, 9.17) is 10.1 Å². The van der Waals surface area contributed by atoms with Gasteiger partial charge in [0.25, 0.3) is 5.56 Å². The molecule has 0 spiro atoms. The van der Waals surface area contributed by atoms with E-state index in [1.54, 1.807) is 36.3 Å². The average Bonchev–Trinajstić information content (AvgIpc) is 2.68. The number of aliphatic hydroxyl groups is 1. The van der Waals surface area contributed by atoms with E-state index in [-0.39, 0.29) is 28.6 Å². The number of fused-ring (bicyclic) bond motifs is 1. The number of aromatic amines is 1. The number of aromatic nitrogens is 2. The standard InChI is InChI=1S/C20H18N4O3/c1-27-13-6-4-5-12(11-13)24-10-9-16(25)17(18(24)21)19-22-15-8-3-2-7-14(15)20(26)23-19/h2-8,11,21,25H,9-10H2,1H3,(H,22,23,26). The normalized spacial score (nSPS) is 14.7. The Morgan fingerprint density at radius 1 is 1.22 bits per heavy atom. The number of amidine groups is 1. The van der Waals surface area contributed by atoms with Crippen LogP contribution >= 0.6 is 0 Å². The summed E-state index contributed by atoms with van der Waals surface area (Å²) in [6.45, 7) is 0.444. The Labute approximate surface area is 155 Å². The summed E-state index contributed by atoms with van der Waals surface area (Å²) >= 11 is 0. The molecule has 2 heterocycles. The summed E-state index contributed by atoms with van der Waals surface area (Å²) in [7, 11) is 1.58. The molecule has 0 saturated carbocycles.